The van der Waals surface area contributed by atoms with Crippen molar-refractivity contribution in [3.63, 3.8) is 0 Å². The third-order valence-corrected chi connectivity index (χ3v) is 6.72. The van der Waals surface area contributed by atoms with Crippen molar-refractivity contribution in [2.24, 2.45) is 0 Å². The van der Waals surface area contributed by atoms with Gasteiger partial charge >= 0.3 is 19.2 Å². The number of aromatic amines is 2. The Hall–Kier alpha value is -2.81. The zero-order chi connectivity index (χ0) is 27.1. The van der Waals surface area contributed by atoms with Crippen molar-refractivity contribution in [3.05, 3.63) is 66.2 Å². The lowest BCUT2D eigenvalue weighted by Gasteiger charge is -2.25. The molecule has 212 valence electrons. The minimum atomic E-state index is -5.10. The van der Waals surface area contributed by atoms with E-state index in [0.717, 1.165) is 33.7 Å². The van der Waals surface area contributed by atoms with E-state index in [2.05, 4.69) is 0 Å². The second-order valence-electron chi connectivity index (χ2n) is 8.15. The molecule has 2 aromatic heterocycles. The molecular formula is C18H26N5O14P. The highest BCUT2D eigenvalue weighted by Gasteiger charge is 2.50. The molecule has 19 nitrogen and oxygen atoms in total. The number of phosphoric acid groups is 1. The zero-order valence-electron chi connectivity index (χ0n) is 19.3. The van der Waals surface area contributed by atoms with E-state index in [9.17, 15) is 49.1 Å². The molecule has 2 saturated heterocycles. The maximum atomic E-state index is 12.7. The molecule has 9 unspecified atom stereocenters. The van der Waals surface area contributed by atoms with Crippen LogP contribution in [0.1, 0.15) is 12.5 Å². The molecule has 2 fully saturated rings. The molecule has 2 aromatic rings. The molecule has 2 aliphatic rings. The Morgan fingerprint density at radius 1 is 0.868 bits per heavy atom. The number of aliphatic hydroxyl groups excluding tert-OH is 4. The van der Waals surface area contributed by atoms with Gasteiger partial charge in [-0.15, -0.1) is 0 Å². The number of H-pyrrole nitrogens is 2. The van der Waals surface area contributed by atoms with Gasteiger partial charge in [-0.3, -0.25) is 37.7 Å². The van der Waals surface area contributed by atoms with Gasteiger partial charge in [0.15, 0.2) is 12.5 Å². The molecule has 0 bridgehead atoms. The van der Waals surface area contributed by atoms with Crippen molar-refractivity contribution in [1.82, 2.24) is 25.3 Å². The maximum absolute atomic E-state index is 12.7. The number of phosphoric ester groups is 1. The fraction of sp³-hybridized carbons (Fsp3) is 0.556. The molecular weight excluding hydrogens is 541 g/mol. The molecule has 4 heterocycles. The van der Waals surface area contributed by atoms with Gasteiger partial charge in [0.05, 0.1) is 13.2 Å². The minimum absolute atomic E-state index is 0. The van der Waals surface area contributed by atoms with E-state index in [-0.39, 0.29) is 6.15 Å². The van der Waals surface area contributed by atoms with Crippen LogP contribution in [0.3, 0.4) is 0 Å². The number of nitrogens with zero attached hydrogens (tertiary/aromatic N) is 2. The van der Waals surface area contributed by atoms with Crippen molar-refractivity contribution in [3.8, 4) is 0 Å². The summed E-state index contributed by atoms with van der Waals surface area (Å²) in [6, 6.07) is 1.92. The number of hydrogen-bond donors (Lipinski definition) is 8. The predicted octanol–water partition coefficient (Wildman–Crippen LogP) is -4.38. The second kappa shape index (κ2) is 11.5. The number of aliphatic hydroxyl groups is 4. The summed E-state index contributed by atoms with van der Waals surface area (Å²) in [5.41, 5.74) is -3.40. The van der Waals surface area contributed by atoms with Gasteiger partial charge in [0.25, 0.3) is 11.1 Å². The molecule has 20 heteroatoms. The van der Waals surface area contributed by atoms with Crippen molar-refractivity contribution in [2.75, 3.05) is 13.2 Å². The lowest BCUT2D eigenvalue weighted by atomic mass is 10.1. The van der Waals surface area contributed by atoms with E-state index >= 15 is 0 Å². The van der Waals surface area contributed by atoms with E-state index in [1.807, 2.05) is 9.97 Å². The Morgan fingerprint density at radius 2 is 1.39 bits per heavy atom. The minimum Gasteiger partial charge on any atom is -0.394 e. The summed E-state index contributed by atoms with van der Waals surface area (Å²) in [4.78, 5) is 60.8. The Balaban J connectivity index is 0.00000400. The molecule has 10 N–H and O–H groups in total. The first-order chi connectivity index (χ1) is 17.4. The highest BCUT2D eigenvalue weighted by molar-refractivity contribution is 7.47. The van der Waals surface area contributed by atoms with E-state index in [1.165, 1.54) is 0 Å². The van der Waals surface area contributed by atoms with Crippen LogP contribution in [0, 0.1) is 0 Å². The zero-order valence-corrected chi connectivity index (χ0v) is 20.2. The summed E-state index contributed by atoms with van der Waals surface area (Å²) in [6.07, 6.45) is -10.7. The van der Waals surface area contributed by atoms with Gasteiger partial charge in [-0.1, -0.05) is 0 Å². The van der Waals surface area contributed by atoms with Crippen LogP contribution >= 0.6 is 7.82 Å². The summed E-state index contributed by atoms with van der Waals surface area (Å²) >= 11 is 0. The fourth-order valence-corrected chi connectivity index (χ4v) is 4.84. The van der Waals surface area contributed by atoms with Gasteiger partial charge in [0, 0.05) is 24.5 Å². The predicted molar refractivity (Wildman–Crippen MR) is 121 cm³/mol. The van der Waals surface area contributed by atoms with Gasteiger partial charge in [-0.05, 0) is 0 Å². The van der Waals surface area contributed by atoms with Gasteiger partial charge in [-0.2, -0.15) is 0 Å². The monoisotopic (exact) mass is 567 g/mol. The third kappa shape index (κ3) is 5.92. The van der Waals surface area contributed by atoms with E-state index in [0.29, 0.717) is 0 Å². The van der Waals surface area contributed by atoms with Crippen molar-refractivity contribution >= 4 is 7.82 Å². The SMILES string of the molecule is N.O=c1ccn(C2OC(COP(=O)(O)OC3C(O)C(CO)OC3n3ccc(=O)[nH]c3=O)C(O)C2O)c(=O)[nH]1. The van der Waals surface area contributed by atoms with Gasteiger partial charge in [0.1, 0.15) is 36.6 Å². The first-order valence-electron chi connectivity index (χ1n) is 10.7. The highest BCUT2D eigenvalue weighted by atomic mass is 31.2. The van der Waals surface area contributed by atoms with Gasteiger partial charge in [-0.25, -0.2) is 14.2 Å². The molecule has 2 aliphatic heterocycles. The van der Waals surface area contributed by atoms with Crippen molar-refractivity contribution in [2.45, 2.75) is 49.1 Å². The average Bonchev–Trinajstić information content (AvgIpc) is 3.28. The molecule has 4 rings (SSSR count). The lowest BCUT2D eigenvalue weighted by Crippen LogP contribution is -2.39. The summed E-state index contributed by atoms with van der Waals surface area (Å²) < 4.78 is 34.8. The van der Waals surface area contributed by atoms with Crippen molar-refractivity contribution < 1.29 is 48.4 Å². The van der Waals surface area contributed by atoms with Crippen LogP contribution in [0.15, 0.2) is 43.7 Å². The summed E-state index contributed by atoms with van der Waals surface area (Å²) in [5.74, 6) is 0. The quantitative estimate of drug-likeness (QED) is 0.140. The Labute approximate surface area is 210 Å². The molecule has 0 amide bonds. The fourth-order valence-electron chi connectivity index (χ4n) is 3.91. The van der Waals surface area contributed by atoms with E-state index < -0.39 is 92.6 Å². The van der Waals surface area contributed by atoms with Crippen LogP contribution in [0.25, 0.3) is 0 Å². The molecule has 0 aromatic carbocycles. The van der Waals surface area contributed by atoms with Gasteiger partial charge in [0.2, 0.25) is 0 Å². The normalized spacial score (nSPS) is 32.6. The van der Waals surface area contributed by atoms with E-state index in [1.54, 1.807) is 0 Å². The standard InChI is InChI=1S/C18H23N4O14P.H3N/c23-5-7-12(27)14(16(34-7)22-4-2-10(25)20-18(22)30)36-37(31,32)33-6-8-11(26)13(28)15(35-8)21-3-1-9(24)19-17(21)29;/h1-4,7-8,11-16,23,26-28H,5-6H2,(H,31,32)(H,19,24,29)(H,20,25,30);1H3. The molecule has 0 aliphatic carbocycles. The first-order valence-corrected chi connectivity index (χ1v) is 12.2. The number of ether oxygens (including phenoxy) is 2. The summed E-state index contributed by atoms with van der Waals surface area (Å²) in [5, 5.41) is 40.4. The van der Waals surface area contributed by atoms with Crippen LogP contribution < -0.4 is 28.6 Å². The lowest BCUT2D eigenvalue weighted by molar-refractivity contribution is -0.0652. The topological polar surface area (TPSA) is 300 Å². The Kier molecular flexibility index (Phi) is 9.01. The molecule has 0 spiro atoms. The Morgan fingerprint density at radius 3 is 1.92 bits per heavy atom. The third-order valence-electron chi connectivity index (χ3n) is 5.74. The number of rotatable bonds is 8. The highest BCUT2D eigenvalue weighted by Crippen LogP contribution is 2.49. The van der Waals surface area contributed by atoms with Crippen LogP contribution in [0.2, 0.25) is 0 Å². The summed E-state index contributed by atoms with van der Waals surface area (Å²) in [7, 11) is -5.10. The second-order valence-corrected chi connectivity index (χ2v) is 9.56. The van der Waals surface area contributed by atoms with Gasteiger partial charge < -0.3 is 40.9 Å². The average molecular weight is 567 g/mol. The maximum Gasteiger partial charge on any atom is 0.472 e. The van der Waals surface area contributed by atoms with Crippen LogP contribution in [0.5, 0.6) is 0 Å². The number of nitrogens with one attached hydrogen (secondary N) is 2. The first kappa shape index (κ1) is 29.7. The smallest absolute Gasteiger partial charge is 0.394 e. The summed E-state index contributed by atoms with van der Waals surface area (Å²) in [6.45, 7) is -1.60. The van der Waals surface area contributed by atoms with Crippen molar-refractivity contribution in [1.29, 1.82) is 0 Å². The number of aromatic nitrogens is 4. The largest absolute Gasteiger partial charge is 0.472 e. The van der Waals surface area contributed by atoms with E-state index in [4.69, 9.17) is 18.5 Å². The molecule has 38 heavy (non-hydrogen) atoms. The molecule has 0 radical (unpaired) electrons. The molecule has 9 atom stereocenters. The Bertz CT molecular complexity index is 1400. The van der Waals surface area contributed by atoms with Crippen LogP contribution in [-0.2, 0) is 23.1 Å². The van der Waals surface area contributed by atoms with Crippen LogP contribution in [0.4, 0.5) is 0 Å². The van der Waals surface area contributed by atoms with Crippen LogP contribution in [-0.4, -0.2) is 94.3 Å². The number of hydrogen-bond acceptors (Lipinski definition) is 14. The molecule has 0 saturated carbocycles.